The summed E-state index contributed by atoms with van der Waals surface area (Å²) >= 11 is 0. The smallest absolute Gasteiger partial charge is 0.167 e. The van der Waals surface area contributed by atoms with Crippen LogP contribution in [0.5, 0.6) is 0 Å². The van der Waals surface area contributed by atoms with Gasteiger partial charge >= 0.3 is 0 Å². The summed E-state index contributed by atoms with van der Waals surface area (Å²) in [6.07, 6.45) is 4.07. The van der Waals surface area contributed by atoms with Crippen LogP contribution in [0.15, 0.2) is 12.7 Å². The van der Waals surface area contributed by atoms with Gasteiger partial charge in [-0.3, -0.25) is 4.57 Å². The van der Waals surface area contributed by atoms with Gasteiger partial charge in [-0.2, -0.15) is 0 Å². The van der Waals surface area contributed by atoms with Gasteiger partial charge in [0, 0.05) is 6.04 Å². The SMILES string of the molecule is OC[C@H]1OC(n2cnc3c(N[C@H]4CC5CCC4C5)ncnc32)[C@H](O)[C@@H]1O. The van der Waals surface area contributed by atoms with E-state index in [0.29, 0.717) is 28.9 Å². The lowest BCUT2D eigenvalue weighted by Crippen LogP contribution is -2.33. The van der Waals surface area contributed by atoms with Crippen molar-refractivity contribution in [1.82, 2.24) is 19.5 Å². The quantitative estimate of drug-likeness (QED) is 0.601. The van der Waals surface area contributed by atoms with Gasteiger partial charge in [0.15, 0.2) is 23.2 Å². The van der Waals surface area contributed by atoms with Gasteiger partial charge < -0.3 is 25.4 Å². The molecule has 9 nitrogen and oxygen atoms in total. The minimum Gasteiger partial charge on any atom is -0.394 e. The maximum absolute atomic E-state index is 10.3. The second-order valence-corrected chi connectivity index (χ2v) is 7.70. The number of imidazole rings is 1. The first-order valence-electron chi connectivity index (χ1n) is 9.22. The molecule has 3 heterocycles. The van der Waals surface area contributed by atoms with Crippen molar-refractivity contribution in [3.8, 4) is 0 Å². The first-order chi connectivity index (χ1) is 12.7. The Hall–Kier alpha value is -1.81. The number of aliphatic hydroxyl groups is 3. The summed E-state index contributed by atoms with van der Waals surface area (Å²) in [5, 5.41) is 33.1. The molecule has 9 heteroatoms. The normalized spacial score (nSPS) is 39.1. The van der Waals surface area contributed by atoms with Crippen LogP contribution in [0.25, 0.3) is 11.2 Å². The van der Waals surface area contributed by atoms with Crippen molar-refractivity contribution in [2.45, 2.75) is 56.3 Å². The molecule has 2 aromatic heterocycles. The van der Waals surface area contributed by atoms with E-state index in [2.05, 4.69) is 20.3 Å². The van der Waals surface area contributed by atoms with Gasteiger partial charge in [0.25, 0.3) is 0 Å². The van der Waals surface area contributed by atoms with Gasteiger partial charge in [-0.1, -0.05) is 6.42 Å². The number of aromatic nitrogens is 4. The summed E-state index contributed by atoms with van der Waals surface area (Å²) in [6.45, 7) is -0.368. The van der Waals surface area contributed by atoms with Crippen LogP contribution in [-0.4, -0.2) is 65.8 Å². The van der Waals surface area contributed by atoms with Gasteiger partial charge in [-0.05, 0) is 31.1 Å². The Morgan fingerprint density at radius 2 is 2.04 bits per heavy atom. The Bertz CT molecular complexity index is 814. The zero-order valence-corrected chi connectivity index (χ0v) is 14.3. The predicted molar refractivity (Wildman–Crippen MR) is 91.2 cm³/mol. The molecule has 140 valence electrons. The molecule has 1 aliphatic heterocycles. The Morgan fingerprint density at radius 3 is 2.73 bits per heavy atom. The summed E-state index contributed by atoms with van der Waals surface area (Å²) in [5.74, 6) is 2.22. The molecule has 7 atom stereocenters. The fraction of sp³-hybridized carbons (Fsp3) is 0.706. The molecule has 0 amide bonds. The van der Waals surface area contributed by atoms with Crippen molar-refractivity contribution in [1.29, 1.82) is 0 Å². The number of nitrogens with zero attached hydrogens (tertiary/aromatic N) is 4. The molecular formula is C17H23N5O4. The third-order valence-corrected chi connectivity index (χ3v) is 6.21. The summed E-state index contributed by atoms with van der Waals surface area (Å²) in [4.78, 5) is 13.1. The molecule has 1 saturated heterocycles. The first kappa shape index (κ1) is 16.4. The maximum Gasteiger partial charge on any atom is 0.167 e. The molecule has 3 fully saturated rings. The van der Waals surface area contributed by atoms with E-state index in [4.69, 9.17) is 4.74 Å². The van der Waals surface area contributed by atoms with Gasteiger partial charge in [-0.25, -0.2) is 15.0 Å². The molecule has 5 rings (SSSR count). The number of hydrogen-bond donors (Lipinski definition) is 4. The van der Waals surface area contributed by atoms with Crippen LogP contribution in [-0.2, 0) is 4.74 Å². The lowest BCUT2D eigenvalue weighted by molar-refractivity contribution is -0.0511. The monoisotopic (exact) mass is 361 g/mol. The highest BCUT2D eigenvalue weighted by Crippen LogP contribution is 2.45. The minimum atomic E-state index is -1.17. The van der Waals surface area contributed by atoms with Crippen molar-refractivity contribution in [3.63, 3.8) is 0 Å². The molecule has 2 aliphatic carbocycles. The summed E-state index contributed by atoms with van der Waals surface area (Å²) in [5.41, 5.74) is 1.15. The highest BCUT2D eigenvalue weighted by molar-refractivity contribution is 5.82. The lowest BCUT2D eigenvalue weighted by atomic mass is 9.95. The number of anilines is 1. The van der Waals surface area contributed by atoms with Crippen LogP contribution in [0.2, 0.25) is 0 Å². The van der Waals surface area contributed by atoms with E-state index in [1.807, 2.05) is 0 Å². The Kier molecular flexibility index (Phi) is 3.85. The Labute approximate surface area is 150 Å². The average molecular weight is 361 g/mol. The fourth-order valence-corrected chi connectivity index (χ4v) is 4.85. The Morgan fingerprint density at radius 1 is 1.15 bits per heavy atom. The molecule has 4 N–H and O–H groups in total. The fourth-order valence-electron chi connectivity index (χ4n) is 4.85. The van der Waals surface area contributed by atoms with Gasteiger partial charge in [-0.15, -0.1) is 0 Å². The second kappa shape index (κ2) is 6.12. The molecule has 2 bridgehead atoms. The van der Waals surface area contributed by atoms with Crippen LogP contribution in [0.1, 0.15) is 31.9 Å². The third kappa shape index (κ3) is 2.42. The van der Waals surface area contributed by atoms with E-state index in [1.165, 1.54) is 38.3 Å². The van der Waals surface area contributed by atoms with Crippen molar-refractivity contribution < 1.29 is 20.1 Å². The zero-order chi connectivity index (χ0) is 17.8. The predicted octanol–water partition coefficient (Wildman–Crippen LogP) is 0.0383. The van der Waals surface area contributed by atoms with E-state index in [1.54, 1.807) is 4.57 Å². The molecule has 26 heavy (non-hydrogen) atoms. The number of rotatable bonds is 4. The largest absolute Gasteiger partial charge is 0.394 e. The van der Waals surface area contributed by atoms with E-state index in [-0.39, 0.29) is 6.61 Å². The molecule has 2 aromatic rings. The van der Waals surface area contributed by atoms with Gasteiger partial charge in [0.05, 0.1) is 12.9 Å². The average Bonchev–Trinajstić information content (AvgIpc) is 3.41. The molecule has 3 unspecified atom stereocenters. The molecule has 0 aromatic carbocycles. The van der Waals surface area contributed by atoms with Gasteiger partial charge in [0.2, 0.25) is 0 Å². The van der Waals surface area contributed by atoms with Crippen LogP contribution < -0.4 is 5.32 Å². The number of hydrogen-bond acceptors (Lipinski definition) is 8. The zero-order valence-electron chi connectivity index (χ0n) is 14.3. The van der Waals surface area contributed by atoms with Crippen molar-refractivity contribution >= 4 is 17.0 Å². The number of nitrogens with one attached hydrogen (secondary N) is 1. The number of fused-ring (bicyclic) bond motifs is 3. The minimum absolute atomic E-state index is 0.368. The second-order valence-electron chi connectivity index (χ2n) is 7.70. The first-order valence-corrected chi connectivity index (χ1v) is 9.22. The maximum atomic E-state index is 10.3. The van der Waals surface area contributed by atoms with Gasteiger partial charge in [0.1, 0.15) is 24.6 Å². The topological polar surface area (TPSA) is 126 Å². The highest BCUT2D eigenvalue weighted by Gasteiger charge is 2.44. The molecular weight excluding hydrogens is 338 g/mol. The summed E-state index contributed by atoms with van der Waals surface area (Å²) in [7, 11) is 0. The Balaban J connectivity index is 1.44. The van der Waals surface area contributed by atoms with Crippen molar-refractivity contribution in [2.24, 2.45) is 11.8 Å². The third-order valence-electron chi connectivity index (χ3n) is 6.21. The summed E-state index contributed by atoms with van der Waals surface area (Å²) in [6, 6.07) is 0.422. The van der Waals surface area contributed by atoms with E-state index in [0.717, 1.165) is 5.92 Å². The number of aliphatic hydroxyl groups excluding tert-OH is 3. The molecule has 0 spiro atoms. The molecule has 0 radical (unpaired) electrons. The van der Waals surface area contributed by atoms with Crippen molar-refractivity contribution in [2.75, 3.05) is 11.9 Å². The van der Waals surface area contributed by atoms with Crippen molar-refractivity contribution in [3.05, 3.63) is 12.7 Å². The van der Waals surface area contributed by atoms with E-state index in [9.17, 15) is 15.3 Å². The van der Waals surface area contributed by atoms with Crippen LogP contribution in [0.4, 0.5) is 5.82 Å². The van der Waals surface area contributed by atoms with Crippen LogP contribution in [0.3, 0.4) is 0 Å². The standard InChI is InChI=1S/C17H23N5O4/c23-5-11-13(24)14(25)17(26-11)22-7-20-12-15(18-6-19-16(12)22)21-10-4-8-1-2-9(10)3-8/h6-11,13-14,17,23-25H,1-5H2,(H,18,19,21)/t8?,9?,10-,11+,13+,14+,17?/m0/s1. The number of ether oxygens (including phenoxy) is 1. The molecule has 2 saturated carbocycles. The van der Waals surface area contributed by atoms with Crippen LogP contribution in [0, 0.1) is 11.8 Å². The van der Waals surface area contributed by atoms with Crippen LogP contribution >= 0.6 is 0 Å². The van der Waals surface area contributed by atoms with E-state index < -0.39 is 24.5 Å². The lowest BCUT2D eigenvalue weighted by Gasteiger charge is -2.23. The highest BCUT2D eigenvalue weighted by atomic mass is 16.6. The van der Waals surface area contributed by atoms with E-state index >= 15 is 0 Å². The summed E-state index contributed by atoms with van der Waals surface area (Å²) < 4.78 is 7.18. The molecule has 3 aliphatic rings.